The number of ether oxygens (including phenoxy) is 2. The van der Waals surface area contributed by atoms with Crippen LogP contribution in [-0.4, -0.2) is 39.7 Å². The van der Waals surface area contributed by atoms with Crippen molar-refractivity contribution in [1.29, 1.82) is 0 Å². The second kappa shape index (κ2) is 13.9. The molecule has 136 valence electrons. The van der Waals surface area contributed by atoms with Crippen LogP contribution in [0, 0.1) is 0 Å². The number of unbranched alkanes of at least 4 members (excludes halogenated alkanes) is 2. The highest BCUT2D eigenvalue weighted by molar-refractivity contribution is 14.0. The zero-order valence-electron chi connectivity index (χ0n) is 14.6. The summed E-state index contributed by atoms with van der Waals surface area (Å²) in [6.45, 7) is 1.50. The predicted octanol–water partition coefficient (Wildman–Crippen LogP) is 2.71. The lowest BCUT2D eigenvalue weighted by Crippen LogP contribution is -2.37. The summed E-state index contributed by atoms with van der Waals surface area (Å²) < 4.78 is 9.82. The molecule has 2 N–H and O–H groups in total. The fraction of sp³-hybridized carbons (Fsp3) is 0.529. The van der Waals surface area contributed by atoms with Crippen LogP contribution in [0.5, 0.6) is 5.75 Å². The number of hydrogen-bond acceptors (Lipinski definition) is 4. The Morgan fingerprint density at radius 2 is 1.96 bits per heavy atom. The maximum atomic E-state index is 11.0. The number of guanidine groups is 1. The Balaban J connectivity index is 0.00000529. The van der Waals surface area contributed by atoms with Crippen molar-refractivity contribution in [2.75, 3.05) is 27.8 Å². The van der Waals surface area contributed by atoms with Crippen molar-refractivity contribution < 1.29 is 14.3 Å². The lowest BCUT2D eigenvalue weighted by molar-refractivity contribution is -0.140. The van der Waals surface area contributed by atoms with Gasteiger partial charge in [-0.3, -0.25) is 9.79 Å². The van der Waals surface area contributed by atoms with Crippen molar-refractivity contribution in [3.05, 3.63) is 29.8 Å². The Morgan fingerprint density at radius 3 is 2.62 bits per heavy atom. The predicted molar refractivity (Wildman–Crippen MR) is 107 cm³/mol. The third-order valence-corrected chi connectivity index (χ3v) is 3.40. The van der Waals surface area contributed by atoms with E-state index in [4.69, 9.17) is 4.74 Å². The summed E-state index contributed by atoms with van der Waals surface area (Å²) in [7, 11) is 4.83. The first-order chi connectivity index (χ1) is 11.2. The quantitative estimate of drug-likeness (QED) is 0.200. The van der Waals surface area contributed by atoms with E-state index in [9.17, 15) is 4.79 Å². The van der Waals surface area contributed by atoms with Crippen LogP contribution in [0.2, 0.25) is 0 Å². The van der Waals surface area contributed by atoms with Crippen molar-refractivity contribution >= 4 is 35.9 Å². The van der Waals surface area contributed by atoms with Gasteiger partial charge in [0.25, 0.3) is 0 Å². The van der Waals surface area contributed by atoms with E-state index < -0.39 is 0 Å². The molecule has 0 aliphatic carbocycles. The van der Waals surface area contributed by atoms with Gasteiger partial charge in [0, 0.05) is 26.6 Å². The van der Waals surface area contributed by atoms with Crippen LogP contribution >= 0.6 is 24.0 Å². The van der Waals surface area contributed by atoms with E-state index in [1.807, 2.05) is 24.3 Å². The van der Waals surface area contributed by atoms with Crippen molar-refractivity contribution in [2.24, 2.45) is 4.99 Å². The van der Waals surface area contributed by atoms with Gasteiger partial charge in [0.1, 0.15) is 5.75 Å². The molecule has 0 heterocycles. The fourth-order valence-corrected chi connectivity index (χ4v) is 2.07. The Morgan fingerprint density at radius 1 is 1.17 bits per heavy atom. The third-order valence-electron chi connectivity index (χ3n) is 3.40. The molecule has 0 radical (unpaired) electrons. The molecule has 0 saturated heterocycles. The van der Waals surface area contributed by atoms with Crippen molar-refractivity contribution in [3.63, 3.8) is 0 Å². The van der Waals surface area contributed by atoms with Crippen LogP contribution in [-0.2, 0) is 16.1 Å². The van der Waals surface area contributed by atoms with E-state index in [2.05, 4.69) is 20.4 Å². The monoisotopic (exact) mass is 449 g/mol. The second-order valence-electron chi connectivity index (χ2n) is 5.09. The number of aliphatic imine (C=N–C) groups is 1. The third kappa shape index (κ3) is 9.59. The van der Waals surface area contributed by atoms with Crippen LogP contribution in [0.3, 0.4) is 0 Å². The molecule has 0 amide bonds. The lowest BCUT2D eigenvalue weighted by atomic mass is 10.2. The van der Waals surface area contributed by atoms with Gasteiger partial charge in [-0.2, -0.15) is 0 Å². The summed E-state index contributed by atoms with van der Waals surface area (Å²) in [6.07, 6.45) is 3.30. The van der Waals surface area contributed by atoms with Gasteiger partial charge in [-0.25, -0.2) is 0 Å². The topological polar surface area (TPSA) is 72.0 Å². The summed E-state index contributed by atoms with van der Waals surface area (Å²) in [5, 5.41) is 6.53. The van der Waals surface area contributed by atoms with E-state index in [1.165, 1.54) is 7.11 Å². The summed E-state index contributed by atoms with van der Waals surface area (Å²) in [5.41, 5.74) is 1.13. The summed E-state index contributed by atoms with van der Waals surface area (Å²) in [5.74, 6) is 1.47. The average molecular weight is 449 g/mol. The molecule has 0 aliphatic heterocycles. The molecule has 0 unspecified atom stereocenters. The van der Waals surface area contributed by atoms with E-state index in [0.717, 1.165) is 43.1 Å². The molecule has 0 aliphatic rings. The van der Waals surface area contributed by atoms with Gasteiger partial charge in [0.05, 0.1) is 14.2 Å². The number of nitrogens with zero attached hydrogens (tertiary/aromatic N) is 1. The van der Waals surface area contributed by atoms with E-state index in [0.29, 0.717) is 13.0 Å². The van der Waals surface area contributed by atoms with Crippen LogP contribution in [0.25, 0.3) is 0 Å². The molecule has 1 aromatic carbocycles. The molecule has 0 aromatic heterocycles. The van der Waals surface area contributed by atoms with Gasteiger partial charge in [0.15, 0.2) is 5.96 Å². The first-order valence-corrected chi connectivity index (χ1v) is 7.84. The minimum Gasteiger partial charge on any atom is -0.497 e. The Bertz CT molecular complexity index is 510. The number of benzene rings is 1. The molecule has 1 rings (SSSR count). The van der Waals surface area contributed by atoms with Crippen molar-refractivity contribution in [3.8, 4) is 5.75 Å². The molecule has 0 atom stereocenters. The number of nitrogens with one attached hydrogen (secondary N) is 2. The SMILES string of the molecule is CN=C(NCCCCCC(=O)OC)NCc1cccc(OC)c1.I. The molecule has 0 saturated carbocycles. The molecular formula is C17H28IN3O3. The standard InChI is InChI=1S/C17H27N3O3.HI/c1-18-17(19-11-6-4-5-10-16(21)23-3)20-13-14-8-7-9-15(12-14)22-2;/h7-9,12H,4-6,10-11,13H2,1-3H3,(H2,18,19,20);1H. The van der Waals surface area contributed by atoms with Gasteiger partial charge >= 0.3 is 5.97 Å². The number of methoxy groups -OCH3 is 2. The van der Waals surface area contributed by atoms with Gasteiger partial charge in [-0.15, -0.1) is 24.0 Å². The smallest absolute Gasteiger partial charge is 0.305 e. The zero-order chi connectivity index (χ0) is 16.9. The summed E-state index contributed by atoms with van der Waals surface area (Å²) >= 11 is 0. The number of carbonyl (C=O) groups excluding carboxylic acids is 1. The summed E-state index contributed by atoms with van der Waals surface area (Å²) in [6, 6.07) is 7.92. The van der Waals surface area contributed by atoms with Crippen LogP contribution in [0.15, 0.2) is 29.3 Å². The molecule has 0 fully saturated rings. The molecular weight excluding hydrogens is 421 g/mol. The highest BCUT2D eigenvalue weighted by Crippen LogP contribution is 2.12. The second-order valence-corrected chi connectivity index (χ2v) is 5.09. The lowest BCUT2D eigenvalue weighted by Gasteiger charge is -2.12. The van der Waals surface area contributed by atoms with Crippen molar-refractivity contribution in [2.45, 2.75) is 32.2 Å². The van der Waals surface area contributed by atoms with E-state index in [-0.39, 0.29) is 29.9 Å². The van der Waals surface area contributed by atoms with E-state index in [1.54, 1.807) is 14.2 Å². The van der Waals surface area contributed by atoms with Gasteiger partial charge in [-0.05, 0) is 30.5 Å². The Kier molecular flexibility index (Phi) is 13.0. The minimum absolute atomic E-state index is 0. The first-order valence-electron chi connectivity index (χ1n) is 7.84. The molecule has 0 bridgehead atoms. The first kappa shape index (κ1) is 22.5. The highest BCUT2D eigenvalue weighted by atomic mass is 127. The van der Waals surface area contributed by atoms with E-state index >= 15 is 0 Å². The Labute approximate surface area is 161 Å². The Hall–Kier alpha value is -1.51. The van der Waals surface area contributed by atoms with Crippen LogP contribution in [0.4, 0.5) is 0 Å². The average Bonchev–Trinajstić information content (AvgIpc) is 2.60. The van der Waals surface area contributed by atoms with Crippen LogP contribution in [0.1, 0.15) is 31.2 Å². The van der Waals surface area contributed by atoms with Crippen LogP contribution < -0.4 is 15.4 Å². The van der Waals surface area contributed by atoms with Gasteiger partial charge < -0.3 is 20.1 Å². The molecule has 1 aromatic rings. The number of esters is 1. The normalized spacial score (nSPS) is 10.5. The molecule has 7 heteroatoms. The largest absolute Gasteiger partial charge is 0.497 e. The highest BCUT2D eigenvalue weighted by Gasteiger charge is 2.01. The number of rotatable bonds is 9. The minimum atomic E-state index is -0.145. The number of halogens is 1. The fourth-order valence-electron chi connectivity index (χ4n) is 2.07. The zero-order valence-corrected chi connectivity index (χ0v) is 17.0. The van der Waals surface area contributed by atoms with Crippen molar-refractivity contribution in [1.82, 2.24) is 10.6 Å². The number of hydrogen-bond donors (Lipinski definition) is 2. The number of carbonyl (C=O) groups is 1. The van der Waals surface area contributed by atoms with Gasteiger partial charge in [-0.1, -0.05) is 18.6 Å². The van der Waals surface area contributed by atoms with Gasteiger partial charge in [0.2, 0.25) is 0 Å². The molecule has 24 heavy (non-hydrogen) atoms. The maximum absolute atomic E-state index is 11.0. The maximum Gasteiger partial charge on any atom is 0.305 e. The molecule has 6 nitrogen and oxygen atoms in total. The molecule has 0 spiro atoms. The summed E-state index contributed by atoms with van der Waals surface area (Å²) in [4.78, 5) is 15.2.